The van der Waals surface area contributed by atoms with Crippen LogP contribution in [-0.2, 0) is 13.0 Å². The van der Waals surface area contributed by atoms with Gasteiger partial charge in [0.05, 0.1) is 12.7 Å². The predicted molar refractivity (Wildman–Crippen MR) is 98.2 cm³/mol. The summed E-state index contributed by atoms with van der Waals surface area (Å²) in [5, 5.41) is 19.8. The molecule has 0 spiro atoms. The Morgan fingerprint density at radius 1 is 1.28 bits per heavy atom. The second-order valence-corrected chi connectivity index (χ2v) is 6.28. The van der Waals surface area contributed by atoms with Gasteiger partial charge in [0.25, 0.3) is 5.91 Å². The SMILES string of the molecule is Cc1ccccc1Cc1nnc(NC(=O)c2cn(CCN)nn2)s1.Cl. The number of nitrogens with two attached hydrogens (primary N) is 1. The van der Waals surface area contributed by atoms with E-state index >= 15 is 0 Å². The van der Waals surface area contributed by atoms with Gasteiger partial charge in [0.2, 0.25) is 5.13 Å². The Bertz CT molecular complexity index is 848. The Balaban J connectivity index is 0.00000225. The van der Waals surface area contributed by atoms with Gasteiger partial charge in [-0.05, 0) is 18.1 Å². The first kappa shape index (κ1) is 19.0. The quantitative estimate of drug-likeness (QED) is 0.673. The summed E-state index contributed by atoms with van der Waals surface area (Å²) in [4.78, 5) is 12.1. The number of aromatic nitrogens is 5. The van der Waals surface area contributed by atoms with Crippen molar-refractivity contribution < 1.29 is 4.79 Å². The molecule has 132 valence electrons. The highest BCUT2D eigenvalue weighted by Gasteiger charge is 2.14. The van der Waals surface area contributed by atoms with Crippen LogP contribution in [0.2, 0.25) is 0 Å². The molecule has 0 aliphatic carbocycles. The molecule has 3 aromatic rings. The van der Waals surface area contributed by atoms with E-state index < -0.39 is 0 Å². The highest BCUT2D eigenvalue weighted by molar-refractivity contribution is 7.15. The van der Waals surface area contributed by atoms with Crippen LogP contribution in [0.25, 0.3) is 0 Å². The largest absolute Gasteiger partial charge is 0.329 e. The van der Waals surface area contributed by atoms with Crippen molar-refractivity contribution in [2.24, 2.45) is 5.73 Å². The number of amides is 1. The van der Waals surface area contributed by atoms with E-state index in [0.29, 0.717) is 24.6 Å². The van der Waals surface area contributed by atoms with Gasteiger partial charge in [-0.25, -0.2) is 0 Å². The first-order chi connectivity index (χ1) is 11.7. The summed E-state index contributed by atoms with van der Waals surface area (Å²) in [5.74, 6) is -0.364. The van der Waals surface area contributed by atoms with Crippen molar-refractivity contribution in [3.63, 3.8) is 0 Å². The molecule has 1 aromatic carbocycles. The zero-order valence-corrected chi connectivity index (χ0v) is 15.2. The van der Waals surface area contributed by atoms with E-state index in [1.165, 1.54) is 27.1 Å². The number of benzene rings is 1. The van der Waals surface area contributed by atoms with Crippen molar-refractivity contribution in [2.45, 2.75) is 19.9 Å². The minimum absolute atomic E-state index is 0. The lowest BCUT2D eigenvalue weighted by Crippen LogP contribution is -2.12. The maximum absolute atomic E-state index is 12.1. The number of aryl methyl sites for hydroxylation is 1. The molecular weight excluding hydrogens is 362 g/mol. The summed E-state index contributed by atoms with van der Waals surface area (Å²) in [5.41, 5.74) is 8.06. The van der Waals surface area contributed by atoms with Gasteiger partial charge in [0.1, 0.15) is 5.01 Å². The van der Waals surface area contributed by atoms with E-state index in [9.17, 15) is 4.79 Å². The second kappa shape index (κ2) is 8.65. The standard InChI is InChI=1S/C15H17N7OS.ClH/c1-10-4-2-3-5-11(10)8-13-19-20-15(24-13)17-14(23)12-9-22(7-6-16)21-18-12;/h2-5,9H,6-8,16H2,1H3,(H,17,20,23);1H. The summed E-state index contributed by atoms with van der Waals surface area (Å²) in [6.07, 6.45) is 2.24. The summed E-state index contributed by atoms with van der Waals surface area (Å²) in [6.45, 7) is 3.01. The maximum atomic E-state index is 12.1. The number of anilines is 1. The third-order valence-corrected chi connectivity index (χ3v) is 4.26. The Labute approximate surface area is 154 Å². The minimum atomic E-state index is -0.364. The number of hydrogen-bond donors (Lipinski definition) is 2. The molecule has 0 fully saturated rings. The van der Waals surface area contributed by atoms with Crippen LogP contribution in [0.15, 0.2) is 30.5 Å². The third kappa shape index (κ3) is 4.81. The molecule has 2 aromatic heterocycles. The molecule has 0 radical (unpaired) electrons. The molecule has 8 nitrogen and oxygen atoms in total. The number of carbonyl (C=O) groups excluding carboxylic acids is 1. The summed E-state index contributed by atoms with van der Waals surface area (Å²) in [6, 6.07) is 8.12. The molecule has 0 unspecified atom stereocenters. The average molecular weight is 380 g/mol. The highest BCUT2D eigenvalue weighted by Crippen LogP contribution is 2.20. The molecule has 10 heteroatoms. The van der Waals surface area contributed by atoms with Crippen LogP contribution in [-0.4, -0.2) is 37.6 Å². The number of nitrogens with zero attached hydrogens (tertiary/aromatic N) is 5. The molecule has 0 aliphatic rings. The molecule has 3 N–H and O–H groups in total. The Morgan fingerprint density at radius 3 is 2.84 bits per heavy atom. The molecule has 0 bridgehead atoms. The van der Waals surface area contributed by atoms with Crippen molar-refractivity contribution in [1.29, 1.82) is 0 Å². The van der Waals surface area contributed by atoms with Crippen LogP contribution in [0.5, 0.6) is 0 Å². The van der Waals surface area contributed by atoms with Crippen molar-refractivity contribution in [1.82, 2.24) is 25.2 Å². The van der Waals surface area contributed by atoms with Gasteiger partial charge in [-0.15, -0.1) is 27.7 Å². The normalized spacial score (nSPS) is 10.3. The van der Waals surface area contributed by atoms with Crippen LogP contribution >= 0.6 is 23.7 Å². The molecule has 2 heterocycles. The van der Waals surface area contributed by atoms with Crippen LogP contribution in [0, 0.1) is 6.92 Å². The smallest absolute Gasteiger partial charge is 0.279 e. The van der Waals surface area contributed by atoms with Crippen molar-refractivity contribution in [3.8, 4) is 0 Å². The predicted octanol–water partition coefficient (Wildman–Crippen LogP) is 1.66. The summed E-state index contributed by atoms with van der Waals surface area (Å²) >= 11 is 1.35. The van der Waals surface area contributed by atoms with E-state index in [2.05, 4.69) is 44.9 Å². The van der Waals surface area contributed by atoms with E-state index in [1.54, 1.807) is 6.20 Å². The zero-order valence-electron chi connectivity index (χ0n) is 13.5. The van der Waals surface area contributed by atoms with E-state index in [-0.39, 0.29) is 24.0 Å². The fourth-order valence-electron chi connectivity index (χ4n) is 2.15. The number of carbonyl (C=O) groups is 1. The van der Waals surface area contributed by atoms with Crippen molar-refractivity contribution in [3.05, 3.63) is 52.3 Å². The van der Waals surface area contributed by atoms with Gasteiger partial charge in [0, 0.05) is 13.0 Å². The maximum Gasteiger partial charge on any atom is 0.279 e. The molecule has 0 atom stereocenters. The molecule has 0 saturated heterocycles. The van der Waals surface area contributed by atoms with E-state index in [4.69, 9.17) is 5.73 Å². The molecule has 25 heavy (non-hydrogen) atoms. The number of hydrogen-bond acceptors (Lipinski definition) is 7. The zero-order chi connectivity index (χ0) is 16.9. The fraction of sp³-hybridized carbons (Fsp3) is 0.267. The topological polar surface area (TPSA) is 112 Å². The molecule has 0 saturated carbocycles. The molecule has 3 rings (SSSR count). The lowest BCUT2D eigenvalue weighted by atomic mass is 10.1. The van der Waals surface area contributed by atoms with Crippen molar-refractivity contribution >= 4 is 34.8 Å². The van der Waals surface area contributed by atoms with Crippen LogP contribution in [0.3, 0.4) is 0 Å². The number of halogens is 1. The fourth-order valence-corrected chi connectivity index (χ4v) is 2.91. The van der Waals surface area contributed by atoms with Crippen LogP contribution in [0.4, 0.5) is 5.13 Å². The Hall–Kier alpha value is -2.36. The van der Waals surface area contributed by atoms with Gasteiger partial charge >= 0.3 is 0 Å². The Morgan fingerprint density at radius 2 is 2.08 bits per heavy atom. The van der Waals surface area contributed by atoms with Crippen LogP contribution in [0.1, 0.15) is 26.6 Å². The minimum Gasteiger partial charge on any atom is -0.329 e. The average Bonchev–Trinajstić information content (AvgIpc) is 3.20. The van der Waals surface area contributed by atoms with Gasteiger partial charge in [-0.3, -0.25) is 14.8 Å². The molecule has 0 aliphatic heterocycles. The monoisotopic (exact) mass is 379 g/mol. The van der Waals surface area contributed by atoms with Crippen molar-refractivity contribution in [2.75, 3.05) is 11.9 Å². The van der Waals surface area contributed by atoms with Gasteiger partial charge in [-0.2, -0.15) is 0 Å². The molecule has 1 amide bonds. The second-order valence-electron chi connectivity index (χ2n) is 5.21. The lowest BCUT2D eigenvalue weighted by molar-refractivity contribution is 0.102. The van der Waals surface area contributed by atoms with E-state index in [0.717, 1.165) is 5.01 Å². The Kier molecular flexibility index (Phi) is 6.57. The van der Waals surface area contributed by atoms with Gasteiger partial charge < -0.3 is 5.73 Å². The highest BCUT2D eigenvalue weighted by atomic mass is 35.5. The van der Waals surface area contributed by atoms with Crippen LogP contribution < -0.4 is 11.1 Å². The van der Waals surface area contributed by atoms with Gasteiger partial charge in [-0.1, -0.05) is 40.8 Å². The summed E-state index contributed by atoms with van der Waals surface area (Å²) < 4.78 is 1.53. The molecular formula is C15H18ClN7OS. The number of rotatable bonds is 6. The van der Waals surface area contributed by atoms with Gasteiger partial charge in [0.15, 0.2) is 5.69 Å². The number of nitrogens with one attached hydrogen (secondary N) is 1. The first-order valence-corrected chi connectivity index (χ1v) is 8.26. The van der Waals surface area contributed by atoms with E-state index in [1.807, 2.05) is 12.1 Å². The third-order valence-electron chi connectivity index (χ3n) is 3.42. The summed E-state index contributed by atoms with van der Waals surface area (Å²) in [7, 11) is 0. The first-order valence-electron chi connectivity index (χ1n) is 7.44. The lowest BCUT2D eigenvalue weighted by Gasteiger charge is -2.01.